The summed E-state index contributed by atoms with van der Waals surface area (Å²) in [4.78, 5) is 24.4. The number of hydrogen-bond acceptors (Lipinski definition) is 2. The first-order chi connectivity index (χ1) is 10.6. The van der Waals surface area contributed by atoms with Gasteiger partial charge in [0.25, 0.3) is 0 Å². The van der Waals surface area contributed by atoms with E-state index < -0.39 is 5.97 Å². The number of amides is 1. The molecule has 4 heteroatoms. The van der Waals surface area contributed by atoms with E-state index in [9.17, 15) is 9.59 Å². The van der Waals surface area contributed by atoms with Gasteiger partial charge in [0.1, 0.15) is 0 Å². The van der Waals surface area contributed by atoms with Gasteiger partial charge in [-0.15, -0.1) is 0 Å². The summed E-state index contributed by atoms with van der Waals surface area (Å²) in [6.45, 7) is 1.58. The first-order valence-electron chi connectivity index (χ1n) is 8.18. The van der Waals surface area contributed by atoms with Crippen LogP contribution in [-0.4, -0.2) is 35.0 Å². The Hall–Kier alpha value is -1.84. The number of benzene rings is 1. The molecule has 22 heavy (non-hydrogen) atoms. The number of hydrogen-bond donors (Lipinski definition) is 1. The van der Waals surface area contributed by atoms with Gasteiger partial charge in [0.15, 0.2) is 0 Å². The van der Waals surface area contributed by atoms with E-state index in [1.807, 2.05) is 11.0 Å². The first kappa shape index (κ1) is 16.5. The first-order valence-corrected chi connectivity index (χ1v) is 8.18. The number of aliphatic carboxylic acids is 1. The number of carbonyl (C=O) groups excluding carboxylic acids is 1. The molecule has 0 aromatic heterocycles. The molecular weight excluding hydrogens is 278 g/mol. The van der Waals surface area contributed by atoms with Crippen LogP contribution in [0.25, 0.3) is 0 Å². The van der Waals surface area contributed by atoms with Gasteiger partial charge in [0.2, 0.25) is 5.91 Å². The quantitative estimate of drug-likeness (QED) is 0.842. The van der Waals surface area contributed by atoms with Gasteiger partial charge >= 0.3 is 5.97 Å². The SMILES string of the molecule is O=C(O)CCC(=O)N1CCCC(CCCc2ccccc2)C1. The zero-order valence-corrected chi connectivity index (χ0v) is 13.0. The molecule has 1 heterocycles. The lowest BCUT2D eigenvalue weighted by Gasteiger charge is -2.33. The fourth-order valence-electron chi connectivity index (χ4n) is 3.14. The van der Waals surface area contributed by atoms with Gasteiger partial charge in [0.05, 0.1) is 6.42 Å². The van der Waals surface area contributed by atoms with Gasteiger partial charge in [-0.3, -0.25) is 9.59 Å². The molecule has 4 nitrogen and oxygen atoms in total. The lowest BCUT2D eigenvalue weighted by Crippen LogP contribution is -2.40. The highest BCUT2D eigenvalue weighted by Gasteiger charge is 2.23. The van der Waals surface area contributed by atoms with Crippen molar-refractivity contribution in [3.8, 4) is 0 Å². The molecule has 1 amide bonds. The Morgan fingerprint density at radius 2 is 1.95 bits per heavy atom. The monoisotopic (exact) mass is 303 g/mol. The maximum absolute atomic E-state index is 12.0. The van der Waals surface area contributed by atoms with E-state index >= 15 is 0 Å². The van der Waals surface area contributed by atoms with Gasteiger partial charge in [0, 0.05) is 19.5 Å². The van der Waals surface area contributed by atoms with Crippen molar-refractivity contribution >= 4 is 11.9 Å². The molecule has 1 aliphatic heterocycles. The molecule has 1 aliphatic rings. The van der Waals surface area contributed by atoms with Crippen LogP contribution in [-0.2, 0) is 16.0 Å². The summed E-state index contributed by atoms with van der Waals surface area (Å²) < 4.78 is 0. The van der Waals surface area contributed by atoms with Crippen LogP contribution >= 0.6 is 0 Å². The van der Waals surface area contributed by atoms with Crippen molar-refractivity contribution in [3.63, 3.8) is 0 Å². The van der Waals surface area contributed by atoms with Crippen molar-refractivity contribution in [1.82, 2.24) is 4.90 Å². The highest BCUT2D eigenvalue weighted by Crippen LogP contribution is 2.22. The third-order valence-corrected chi connectivity index (χ3v) is 4.35. The third kappa shape index (κ3) is 5.51. The van der Waals surface area contributed by atoms with Crippen LogP contribution < -0.4 is 0 Å². The molecule has 1 saturated heterocycles. The number of carboxylic acids is 1. The van der Waals surface area contributed by atoms with E-state index in [0.29, 0.717) is 5.92 Å². The standard InChI is InChI=1S/C18H25NO3/c20-17(11-12-18(21)22)19-13-5-10-16(14-19)9-4-8-15-6-2-1-3-7-15/h1-3,6-7,16H,4-5,8-14H2,(H,21,22). The lowest BCUT2D eigenvalue weighted by atomic mass is 9.91. The molecule has 1 N–H and O–H groups in total. The zero-order valence-electron chi connectivity index (χ0n) is 13.0. The Balaban J connectivity index is 1.71. The minimum Gasteiger partial charge on any atom is -0.481 e. The number of nitrogens with zero attached hydrogens (tertiary/aromatic N) is 1. The van der Waals surface area contributed by atoms with Crippen LogP contribution in [0.1, 0.15) is 44.1 Å². The molecule has 0 aliphatic carbocycles. The molecule has 1 aromatic carbocycles. The van der Waals surface area contributed by atoms with E-state index in [-0.39, 0.29) is 18.7 Å². The van der Waals surface area contributed by atoms with Crippen LogP contribution in [0, 0.1) is 5.92 Å². The summed E-state index contributed by atoms with van der Waals surface area (Å²) in [6.07, 6.45) is 5.65. The number of rotatable bonds is 7. The number of carbonyl (C=O) groups is 2. The van der Waals surface area contributed by atoms with E-state index in [1.165, 1.54) is 12.0 Å². The summed E-state index contributed by atoms with van der Waals surface area (Å²) in [5.74, 6) is -0.342. The fourth-order valence-corrected chi connectivity index (χ4v) is 3.14. The molecule has 0 spiro atoms. The van der Waals surface area contributed by atoms with Crippen LogP contribution in [0.5, 0.6) is 0 Å². The Bertz CT molecular complexity index is 486. The smallest absolute Gasteiger partial charge is 0.303 e. The molecule has 1 fully saturated rings. The third-order valence-electron chi connectivity index (χ3n) is 4.35. The highest BCUT2D eigenvalue weighted by molar-refractivity contribution is 5.80. The lowest BCUT2D eigenvalue weighted by molar-refractivity contribution is -0.141. The van der Waals surface area contributed by atoms with Crippen molar-refractivity contribution in [2.45, 2.75) is 44.9 Å². The van der Waals surface area contributed by atoms with E-state index in [0.717, 1.165) is 38.8 Å². The van der Waals surface area contributed by atoms with Crippen LogP contribution in [0.15, 0.2) is 30.3 Å². The molecule has 2 rings (SSSR count). The average Bonchev–Trinajstić information content (AvgIpc) is 2.54. The molecule has 0 saturated carbocycles. The Morgan fingerprint density at radius 1 is 1.18 bits per heavy atom. The van der Waals surface area contributed by atoms with Gasteiger partial charge in [-0.05, 0) is 43.6 Å². The fraction of sp³-hybridized carbons (Fsp3) is 0.556. The van der Waals surface area contributed by atoms with Gasteiger partial charge in [-0.2, -0.15) is 0 Å². The summed E-state index contributed by atoms with van der Waals surface area (Å²) in [5, 5.41) is 8.67. The average molecular weight is 303 g/mol. The maximum Gasteiger partial charge on any atom is 0.303 e. The number of likely N-dealkylation sites (tertiary alicyclic amines) is 1. The molecule has 120 valence electrons. The minimum atomic E-state index is -0.898. The van der Waals surface area contributed by atoms with Crippen molar-refractivity contribution in [2.75, 3.05) is 13.1 Å². The summed E-state index contributed by atoms with van der Waals surface area (Å²) in [6, 6.07) is 10.5. The number of aryl methyl sites for hydroxylation is 1. The molecule has 1 atom stereocenters. The molecule has 0 bridgehead atoms. The normalized spacial score (nSPS) is 18.2. The molecular formula is C18H25NO3. The van der Waals surface area contributed by atoms with E-state index in [2.05, 4.69) is 24.3 Å². The summed E-state index contributed by atoms with van der Waals surface area (Å²) in [7, 11) is 0. The maximum atomic E-state index is 12.0. The van der Waals surface area contributed by atoms with Crippen molar-refractivity contribution in [2.24, 2.45) is 5.92 Å². The van der Waals surface area contributed by atoms with E-state index in [4.69, 9.17) is 5.11 Å². The second-order valence-electron chi connectivity index (χ2n) is 6.12. The molecule has 1 aromatic rings. The second kappa shape index (κ2) is 8.57. The molecule has 0 radical (unpaired) electrons. The van der Waals surface area contributed by atoms with Crippen LogP contribution in [0.4, 0.5) is 0 Å². The Morgan fingerprint density at radius 3 is 2.68 bits per heavy atom. The Labute approximate surface area is 132 Å². The number of carboxylic acid groups (broad SMARTS) is 1. The van der Waals surface area contributed by atoms with E-state index in [1.54, 1.807) is 0 Å². The van der Waals surface area contributed by atoms with Crippen molar-refractivity contribution < 1.29 is 14.7 Å². The van der Waals surface area contributed by atoms with Crippen molar-refractivity contribution in [1.29, 1.82) is 0 Å². The summed E-state index contributed by atoms with van der Waals surface area (Å²) in [5.41, 5.74) is 1.37. The second-order valence-corrected chi connectivity index (χ2v) is 6.12. The van der Waals surface area contributed by atoms with Crippen LogP contribution in [0.3, 0.4) is 0 Å². The zero-order chi connectivity index (χ0) is 15.8. The minimum absolute atomic E-state index is 0.00448. The van der Waals surface area contributed by atoms with Gasteiger partial charge in [-0.25, -0.2) is 0 Å². The van der Waals surface area contributed by atoms with Crippen LogP contribution in [0.2, 0.25) is 0 Å². The van der Waals surface area contributed by atoms with Gasteiger partial charge in [-0.1, -0.05) is 30.3 Å². The Kier molecular flexibility index (Phi) is 6.44. The summed E-state index contributed by atoms with van der Waals surface area (Å²) >= 11 is 0. The topological polar surface area (TPSA) is 57.6 Å². The largest absolute Gasteiger partial charge is 0.481 e. The predicted octanol–water partition coefficient (Wildman–Crippen LogP) is 3.11. The highest BCUT2D eigenvalue weighted by atomic mass is 16.4. The van der Waals surface area contributed by atoms with Gasteiger partial charge < -0.3 is 10.0 Å². The van der Waals surface area contributed by atoms with Crippen molar-refractivity contribution in [3.05, 3.63) is 35.9 Å². The molecule has 1 unspecified atom stereocenters. The number of piperidine rings is 1. The predicted molar refractivity (Wildman–Crippen MR) is 85.6 cm³/mol.